The molecule has 2 unspecified atom stereocenters. The van der Waals surface area contributed by atoms with Gasteiger partial charge in [0.25, 0.3) is 5.56 Å². The summed E-state index contributed by atoms with van der Waals surface area (Å²) in [5.41, 5.74) is 8.42. The first kappa shape index (κ1) is 25.1. The van der Waals surface area contributed by atoms with Gasteiger partial charge in [-0.25, -0.2) is 4.79 Å². The van der Waals surface area contributed by atoms with E-state index in [-0.39, 0.29) is 23.8 Å². The van der Waals surface area contributed by atoms with E-state index in [0.717, 1.165) is 35.4 Å². The molecule has 0 saturated carbocycles. The van der Waals surface area contributed by atoms with Gasteiger partial charge < -0.3 is 15.2 Å². The van der Waals surface area contributed by atoms with E-state index >= 15 is 0 Å². The Morgan fingerprint density at radius 3 is 2.54 bits per heavy atom. The zero-order valence-corrected chi connectivity index (χ0v) is 21.7. The molecule has 9 nitrogen and oxygen atoms in total. The van der Waals surface area contributed by atoms with Crippen molar-refractivity contribution in [2.24, 2.45) is 12.8 Å². The molecule has 1 fully saturated rings. The number of aryl methyl sites for hydroxylation is 2. The standard InChI is InChI=1S/C25H34N6O3S/c1-17(2)11-14-30-21-22(27-24(30)29-13-5-6-19(26)16-29)28(3)25(33)31(23(21)32)15-12-18-7-9-20(10-8-18)35(4)34/h7-11,19H,5-6,12-16,26H2,1-4H3. The van der Waals surface area contributed by atoms with Crippen LogP contribution in [0.3, 0.4) is 0 Å². The van der Waals surface area contributed by atoms with Crippen LogP contribution in [0.15, 0.2) is 50.4 Å². The monoisotopic (exact) mass is 498 g/mol. The molecule has 4 rings (SSSR count). The third-order valence-electron chi connectivity index (χ3n) is 6.51. The maximum Gasteiger partial charge on any atom is 0.332 e. The lowest BCUT2D eigenvalue weighted by Crippen LogP contribution is -2.44. The molecular weight excluding hydrogens is 464 g/mol. The van der Waals surface area contributed by atoms with Crippen molar-refractivity contribution in [3.8, 4) is 0 Å². The van der Waals surface area contributed by atoms with Crippen molar-refractivity contribution in [3.05, 3.63) is 62.3 Å². The number of hydrogen-bond donors (Lipinski definition) is 1. The molecule has 35 heavy (non-hydrogen) atoms. The lowest BCUT2D eigenvalue weighted by atomic mass is 10.1. The topological polar surface area (TPSA) is 108 Å². The highest BCUT2D eigenvalue weighted by Crippen LogP contribution is 2.23. The van der Waals surface area contributed by atoms with Gasteiger partial charge in [0.2, 0.25) is 5.95 Å². The van der Waals surface area contributed by atoms with E-state index in [1.165, 1.54) is 9.13 Å². The van der Waals surface area contributed by atoms with Crippen molar-refractivity contribution >= 4 is 27.9 Å². The van der Waals surface area contributed by atoms with E-state index in [1.807, 2.05) is 42.7 Å². The molecule has 2 N–H and O–H groups in total. The lowest BCUT2D eigenvalue weighted by Gasteiger charge is -2.31. The first-order valence-corrected chi connectivity index (χ1v) is 13.5. The van der Waals surface area contributed by atoms with E-state index in [4.69, 9.17) is 10.7 Å². The van der Waals surface area contributed by atoms with Gasteiger partial charge in [-0.1, -0.05) is 23.8 Å². The quantitative estimate of drug-likeness (QED) is 0.498. The van der Waals surface area contributed by atoms with Gasteiger partial charge >= 0.3 is 5.69 Å². The van der Waals surface area contributed by atoms with Gasteiger partial charge in [-0.3, -0.25) is 18.1 Å². The number of aromatic nitrogens is 4. The van der Waals surface area contributed by atoms with Crippen LogP contribution in [-0.2, 0) is 37.4 Å². The van der Waals surface area contributed by atoms with E-state index in [2.05, 4.69) is 11.0 Å². The second-order valence-electron chi connectivity index (χ2n) is 9.47. The molecule has 0 spiro atoms. The molecule has 188 valence electrons. The highest BCUT2D eigenvalue weighted by atomic mass is 32.2. The van der Waals surface area contributed by atoms with Crippen LogP contribution in [0.4, 0.5) is 5.95 Å². The summed E-state index contributed by atoms with van der Waals surface area (Å²) in [4.78, 5) is 34.5. The number of anilines is 1. The van der Waals surface area contributed by atoms with E-state index in [9.17, 15) is 13.8 Å². The molecular formula is C25H34N6O3S. The molecule has 1 aliphatic rings. The molecule has 2 atom stereocenters. The molecule has 3 heterocycles. The van der Waals surface area contributed by atoms with Gasteiger partial charge in [0, 0.05) is 61.2 Å². The number of nitrogens with zero attached hydrogens (tertiary/aromatic N) is 5. The summed E-state index contributed by atoms with van der Waals surface area (Å²) in [6.07, 6.45) is 6.12. The molecule has 0 bridgehead atoms. The number of rotatable bonds is 7. The average Bonchev–Trinajstić information content (AvgIpc) is 3.21. The Hall–Kier alpha value is -2.98. The summed E-state index contributed by atoms with van der Waals surface area (Å²) < 4.78 is 16.3. The fraction of sp³-hybridized carbons (Fsp3) is 0.480. The summed E-state index contributed by atoms with van der Waals surface area (Å²) >= 11 is 0. The molecule has 1 saturated heterocycles. The first-order valence-electron chi connectivity index (χ1n) is 11.9. The molecule has 0 radical (unpaired) electrons. The van der Waals surface area contributed by atoms with Crippen molar-refractivity contribution < 1.29 is 4.21 Å². The molecule has 0 aliphatic carbocycles. The van der Waals surface area contributed by atoms with Gasteiger partial charge in [-0.05, 0) is 50.8 Å². The average molecular weight is 499 g/mol. The Labute approximate surface area is 207 Å². The Morgan fingerprint density at radius 2 is 1.91 bits per heavy atom. The number of piperidine rings is 1. The van der Waals surface area contributed by atoms with Crippen LogP contribution in [0.2, 0.25) is 0 Å². The van der Waals surface area contributed by atoms with Crippen molar-refractivity contribution in [1.82, 2.24) is 18.7 Å². The van der Waals surface area contributed by atoms with E-state index in [0.29, 0.717) is 36.6 Å². The maximum absolute atomic E-state index is 13.7. The highest BCUT2D eigenvalue weighted by molar-refractivity contribution is 7.84. The minimum Gasteiger partial charge on any atom is -0.341 e. The lowest BCUT2D eigenvalue weighted by molar-refractivity contribution is 0.495. The Kier molecular flexibility index (Phi) is 7.42. The summed E-state index contributed by atoms with van der Waals surface area (Å²) in [5, 5.41) is 0. The highest BCUT2D eigenvalue weighted by Gasteiger charge is 2.26. The molecule has 2 aromatic heterocycles. The number of imidazole rings is 1. The van der Waals surface area contributed by atoms with Crippen LogP contribution >= 0.6 is 0 Å². The maximum atomic E-state index is 13.7. The van der Waals surface area contributed by atoms with Crippen LogP contribution in [-0.4, -0.2) is 48.3 Å². The van der Waals surface area contributed by atoms with Crippen LogP contribution < -0.4 is 21.9 Å². The molecule has 1 aliphatic heterocycles. The minimum absolute atomic E-state index is 0.0532. The number of nitrogens with two attached hydrogens (primary N) is 1. The van der Waals surface area contributed by atoms with Gasteiger partial charge in [0.15, 0.2) is 11.2 Å². The van der Waals surface area contributed by atoms with Crippen LogP contribution in [0.25, 0.3) is 11.2 Å². The Bertz CT molecular complexity index is 1400. The van der Waals surface area contributed by atoms with Gasteiger partial charge in [-0.15, -0.1) is 0 Å². The van der Waals surface area contributed by atoms with Crippen molar-refractivity contribution in [2.75, 3.05) is 24.2 Å². The van der Waals surface area contributed by atoms with Crippen molar-refractivity contribution in [3.63, 3.8) is 0 Å². The third-order valence-corrected chi connectivity index (χ3v) is 7.45. The summed E-state index contributed by atoms with van der Waals surface area (Å²) in [6, 6.07) is 7.47. The van der Waals surface area contributed by atoms with Gasteiger partial charge in [0.05, 0.1) is 0 Å². The predicted octanol–water partition coefficient (Wildman–Crippen LogP) is 1.77. The molecule has 3 aromatic rings. The van der Waals surface area contributed by atoms with E-state index in [1.54, 1.807) is 13.3 Å². The molecule has 10 heteroatoms. The number of allylic oxidation sites excluding steroid dienone is 2. The third kappa shape index (κ3) is 5.18. The normalized spacial score (nSPS) is 17.1. The predicted molar refractivity (Wildman–Crippen MR) is 141 cm³/mol. The molecule has 1 aromatic carbocycles. The Balaban J connectivity index is 1.78. The van der Waals surface area contributed by atoms with Crippen LogP contribution in [0, 0.1) is 0 Å². The summed E-state index contributed by atoms with van der Waals surface area (Å²) in [5.74, 6) is 0.681. The summed E-state index contributed by atoms with van der Waals surface area (Å²) in [6.45, 7) is 6.24. The van der Waals surface area contributed by atoms with Gasteiger partial charge in [0.1, 0.15) is 0 Å². The van der Waals surface area contributed by atoms with Crippen LogP contribution in [0.5, 0.6) is 0 Å². The summed E-state index contributed by atoms with van der Waals surface area (Å²) in [7, 11) is 0.614. The smallest absolute Gasteiger partial charge is 0.332 e. The first-order chi connectivity index (χ1) is 16.7. The fourth-order valence-corrected chi connectivity index (χ4v) is 5.05. The second-order valence-corrected chi connectivity index (χ2v) is 10.9. The fourth-order valence-electron chi connectivity index (χ4n) is 4.53. The minimum atomic E-state index is -1.05. The van der Waals surface area contributed by atoms with Crippen molar-refractivity contribution in [2.45, 2.75) is 57.1 Å². The molecule has 0 amide bonds. The van der Waals surface area contributed by atoms with Crippen molar-refractivity contribution in [1.29, 1.82) is 0 Å². The van der Waals surface area contributed by atoms with Gasteiger partial charge in [-0.2, -0.15) is 4.98 Å². The largest absolute Gasteiger partial charge is 0.341 e. The zero-order valence-electron chi connectivity index (χ0n) is 20.9. The SMILES string of the molecule is CC(C)=CCn1c(N2CCCC(N)C2)nc2c1c(=O)n(CCc1ccc(S(C)=O)cc1)c(=O)n2C. The zero-order chi connectivity index (χ0) is 25.3. The Morgan fingerprint density at radius 1 is 1.20 bits per heavy atom. The number of fused-ring (bicyclic) bond motifs is 1. The second kappa shape index (κ2) is 10.3. The van der Waals surface area contributed by atoms with Crippen LogP contribution in [0.1, 0.15) is 32.3 Å². The van der Waals surface area contributed by atoms with E-state index < -0.39 is 10.8 Å². The number of benzene rings is 1. The number of hydrogen-bond acceptors (Lipinski definition) is 6.